The number of hydrogen-bond donors (Lipinski definition) is 0. The summed E-state index contributed by atoms with van der Waals surface area (Å²) in [5.74, 6) is 1.28. The van der Waals surface area contributed by atoms with Gasteiger partial charge >= 0.3 is 0 Å². The molecule has 326 valence electrons. The van der Waals surface area contributed by atoms with Crippen LogP contribution < -0.4 is 0 Å². The van der Waals surface area contributed by atoms with Crippen molar-refractivity contribution in [3.63, 3.8) is 0 Å². The number of para-hydroxylation sites is 5. The van der Waals surface area contributed by atoms with Gasteiger partial charge in [-0.25, -0.2) is 9.97 Å². The van der Waals surface area contributed by atoms with Crippen LogP contribution in [0.25, 0.3) is 116 Å². The fourth-order valence-electron chi connectivity index (χ4n) is 11.8. The zero-order chi connectivity index (χ0) is 45.9. The van der Waals surface area contributed by atoms with E-state index < -0.39 is 0 Å². The number of hydrogen-bond acceptors (Lipinski definition) is 2. The Labute approximate surface area is 403 Å². The summed E-state index contributed by atoms with van der Waals surface area (Å²) in [7, 11) is 0. The van der Waals surface area contributed by atoms with Crippen molar-refractivity contribution in [3.8, 4) is 50.8 Å². The first-order valence-corrected chi connectivity index (χ1v) is 24.0. The number of rotatable bonds is 6. The summed E-state index contributed by atoms with van der Waals surface area (Å²) >= 11 is 0. The van der Waals surface area contributed by atoms with Gasteiger partial charge in [0.2, 0.25) is 0 Å². The van der Waals surface area contributed by atoms with E-state index in [2.05, 4.69) is 256 Å². The maximum absolute atomic E-state index is 5.74. The molecule has 10 aromatic carbocycles. The molecule has 5 heteroatoms. The summed E-state index contributed by atoms with van der Waals surface area (Å²) in [5.41, 5.74) is 18.3. The van der Waals surface area contributed by atoms with Crippen molar-refractivity contribution in [1.29, 1.82) is 0 Å². The van der Waals surface area contributed by atoms with Gasteiger partial charge in [0.15, 0.2) is 5.82 Å². The lowest BCUT2D eigenvalue weighted by Crippen LogP contribution is -2.10. The fraction of sp³-hybridized carbons (Fsp3) is 0.0154. The lowest BCUT2D eigenvalue weighted by molar-refractivity contribution is 0.913. The van der Waals surface area contributed by atoms with E-state index in [1.807, 2.05) is 0 Å². The molecular formula is C65H41N5. The van der Waals surface area contributed by atoms with Crippen molar-refractivity contribution in [2.45, 2.75) is 5.92 Å². The van der Waals surface area contributed by atoms with Gasteiger partial charge in [0.05, 0.1) is 44.7 Å². The zero-order valence-electron chi connectivity index (χ0n) is 37.9. The van der Waals surface area contributed by atoms with Crippen LogP contribution in [0.3, 0.4) is 0 Å². The molecule has 0 fully saturated rings. The standard InChI is InChI=1S/C65H41N5/c1-4-18-41(19-5-1)42-32-34-43(35-33-42)65-66-55(60-50-28-11-10-24-46(50)51-36-37-52-47-25-12-15-29-56(47)68(62(52)61(51)60)44-20-6-2-7-21-44)40-59(67-65)70-58-31-17-14-27-49(58)54-39-38-53-48-26-13-16-30-57(48)69(63(53)64(54)70)45-22-8-3-9-23-45/h1-40,60H. The van der Waals surface area contributed by atoms with Crippen molar-refractivity contribution in [2.75, 3.05) is 0 Å². The van der Waals surface area contributed by atoms with E-state index in [1.165, 1.54) is 71.2 Å². The molecule has 1 atom stereocenters. The molecule has 4 aromatic heterocycles. The first kappa shape index (κ1) is 38.8. The van der Waals surface area contributed by atoms with Gasteiger partial charge in [-0.3, -0.25) is 4.57 Å². The highest BCUT2D eigenvalue weighted by Gasteiger charge is 2.36. The molecule has 0 N–H and O–H groups in total. The topological polar surface area (TPSA) is 40.6 Å². The molecule has 5 nitrogen and oxygen atoms in total. The van der Waals surface area contributed by atoms with Crippen LogP contribution in [0.4, 0.5) is 0 Å². The van der Waals surface area contributed by atoms with Gasteiger partial charge in [-0.15, -0.1) is 0 Å². The minimum absolute atomic E-state index is 0.213. The van der Waals surface area contributed by atoms with E-state index >= 15 is 0 Å². The molecule has 70 heavy (non-hydrogen) atoms. The Morgan fingerprint density at radius 3 is 1.40 bits per heavy atom. The van der Waals surface area contributed by atoms with Gasteiger partial charge in [-0.05, 0) is 75.8 Å². The van der Waals surface area contributed by atoms with Crippen LogP contribution in [0.15, 0.2) is 243 Å². The molecule has 1 aliphatic rings. The lowest BCUT2D eigenvalue weighted by Gasteiger charge is -2.19. The van der Waals surface area contributed by atoms with Crippen molar-refractivity contribution < 1.29 is 0 Å². The van der Waals surface area contributed by atoms with Crippen molar-refractivity contribution >= 4 is 65.4 Å². The minimum Gasteiger partial charge on any atom is -0.309 e. The third-order valence-corrected chi connectivity index (χ3v) is 14.7. The third kappa shape index (κ3) is 5.60. The number of aromatic nitrogens is 5. The Hall–Kier alpha value is -9.32. The van der Waals surface area contributed by atoms with E-state index in [-0.39, 0.29) is 5.92 Å². The molecule has 0 aliphatic heterocycles. The summed E-state index contributed by atoms with van der Waals surface area (Å²) in [6, 6.07) is 87.8. The predicted octanol–water partition coefficient (Wildman–Crippen LogP) is 16.3. The Balaban J connectivity index is 1.07. The van der Waals surface area contributed by atoms with Crippen LogP contribution in [0, 0.1) is 0 Å². The summed E-state index contributed by atoms with van der Waals surface area (Å²) < 4.78 is 7.33. The van der Waals surface area contributed by atoms with Crippen LogP contribution in [-0.4, -0.2) is 23.7 Å². The minimum atomic E-state index is -0.213. The molecule has 1 unspecified atom stereocenters. The van der Waals surface area contributed by atoms with Gasteiger partial charge in [0, 0.05) is 55.3 Å². The second-order valence-electron chi connectivity index (χ2n) is 18.4. The van der Waals surface area contributed by atoms with Gasteiger partial charge in [-0.1, -0.05) is 194 Å². The molecule has 0 saturated heterocycles. The summed E-state index contributed by atoms with van der Waals surface area (Å²) in [5, 5.41) is 7.19. The van der Waals surface area contributed by atoms with Crippen LogP contribution in [0.2, 0.25) is 0 Å². The van der Waals surface area contributed by atoms with Crippen molar-refractivity contribution in [2.24, 2.45) is 0 Å². The van der Waals surface area contributed by atoms with Gasteiger partial charge < -0.3 is 9.13 Å². The third-order valence-electron chi connectivity index (χ3n) is 14.7. The highest BCUT2D eigenvalue weighted by Crippen LogP contribution is 2.53. The number of nitrogens with zero attached hydrogens (tertiary/aromatic N) is 5. The quantitative estimate of drug-likeness (QED) is 0.167. The molecule has 4 heterocycles. The smallest absolute Gasteiger partial charge is 0.161 e. The first-order chi connectivity index (χ1) is 34.8. The fourth-order valence-corrected chi connectivity index (χ4v) is 11.8. The zero-order valence-corrected chi connectivity index (χ0v) is 37.9. The van der Waals surface area contributed by atoms with Gasteiger partial charge in [0.1, 0.15) is 5.82 Å². The van der Waals surface area contributed by atoms with Crippen LogP contribution >= 0.6 is 0 Å². The molecule has 0 radical (unpaired) electrons. The van der Waals surface area contributed by atoms with E-state index in [9.17, 15) is 0 Å². The molecule has 15 rings (SSSR count). The number of fused-ring (bicyclic) bond motifs is 14. The molecule has 0 spiro atoms. The Kier molecular flexibility index (Phi) is 8.36. The summed E-state index contributed by atoms with van der Waals surface area (Å²) in [6.07, 6.45) is 0. The molecule has 1 aliphatic carbocycles. The molecule has 0 bridgehead atoms. The SMILES string of the molecule is c1ccc(-c2ccc(-c3nc(C4c5ccccc5-c5ccc6c7ccccc7n(-c7ccccc7)c6c54)cc(-n4c5ccccc5c5ccc6c7ccccc7n(-c7ccccc7)c6c54)n3)cc2)cc1. The Morgan fingerprint density at radius 2 is 0.771 bits per heavy atom. The molecule has 14 aromatic rings. The van der Waals surface area contributed by atoms with E-state index in [0.29, 0.717) is 5.82 Å². The van der Waals surface area contributed by atoms with E-state index in [4.69, 9.17) is 9.97 Å². The van der Waals surface area contributed by atoms with Crippen molar-refractivity contribution in [3.05, 3.63) is 259 Å². The second-order valence-corrected chi connectivity index (χ2v) is 18.4. The Morgan fingerprint density at radius 1 is 0.314 bits per heavy atom. The maximum atomic E-state index is 5.74. The van der Waals surface area contributed by atoms with Crippen LogP contribution in [0.1, 0.15) is 22.7 Å². The van der Waals surface area contributed by atoms with Gasteiger partial charge in [-0.2, -0.15) is 0 Å². The Bertz CT molecular complexity index is 4390. The summed E-state index contributed by atoms with van der Waals surface area (Å²) in [4.78, 5) is 11.4. The molecule has 0 amide bonds. The lowest BCUT2D eigenvalue weighted by atomic mass is 9.91. The van der Waals surface area contributed by atoms with Gasteiger partial charge in [0.25, 0.3) is 0 Å². The van der Waals surface area contributed by atoms with E-state index in [0.717, 1.165) is 56.1 Å². The average molecular weight is 892 g/mol. The van der Waals surface area contributed by atoms with Crippen LogP contribution in [-0.2, 0) is 0 Å². The molecular weight excluding hydrogens is 851 g/mol. The predicted molar refractivity (Wildman–Crippen MR) is 289 cm³/mol. The van der Waals surface area contributed by atoms with Crippen LogP contribution in [0.5, 0.6) is 0 Å². The number of benzene rings is 10. The maximum Gasteiger partial charge on any atom is 0.161 e. The van der Waals surface area contributed by atoms with Crippen molar-refractivity contribution in [1.82, 2.24) is 23.7 Å². The van der Waals surface area contributed by atoms with E-state index in [1.54, 1.807) is 0 Å². The largest absolute Gasteiger partial charge is 0.309 e. The highest BCUT2D eigenvalue weighted by atomic mass is 15.1. The second kappa shape index (κ2) is 15.1. The summed E-state index contributed by atoms with van der Waals surface area (Å²) in [6.45, 7) is 0. The monoisotopic (exact) mass is 891 g/mol. The highest BCUT2D eigenvalue weighted by molar-refractivity contribution is 6.24. The first-order valence-electron chi connectivity index (χ1n) is 24.0. The molecule has 0 saturated carbocycles. The average Bonchev–Trinajstić information content (AvgIpc) is 4.17. The normalized spacial score (nSPS) is 13.3.